The van der Waals surface area contributed by atoms with Crippen molar-refractivity contribution in [2.75, 3.05) is 0 Å². The number of para-hydroxylation sites is 1. The molecular formula is C10H9N3O3. The van der Waals surface area contributed by atoms with Crippen LogP contribution < -0.4 is 4.74 Å². The van der Waals surface area contributed by atoms with Crippen molar-refractivity contribution in [2.45, 2.75) is 6.92 Å². The van der Waals surface area contributed by atoms with Crippen LogP contribution >= 0.6 is 0 Å². The van der Waals surface area contributed by atoms with Gasteiger partial charge in [-0.15, -0.1) is 0 Å². The molecule has 1 aromatic heterocycles. The number of benzene rings is 1. The minimum atomic E-state index is -1.16. The second-order valence-corrected chi connectivity index (χ2v) is 3.16. The van der Waals surface area contributed by atoms with Crippen molar-refractivity contribution < 1.29 is 14.6 Å². The predicted octanol–water partition coefficient (Wildman–Crippen LogP) is 1.60. The molecule has 0 fully saturated rings. The number of aromatic amines is 1. The van der Waals surface area contributed by atoms with Crippen molar-refractivity contribution in [3.63, 3.8) is 0 Å². The third kappa shape index (κ3) is 1.85. The monoisotopic (exact) mass is 219 g/mol. The maximum Gasteiger partial charge on any atom is 0.359 e. The third-order valence-electron chi connectivity index (χ3n) is 2.03. The van der Waals surface area contributed by atoms with E-state index in [1.54, 1.807) is 12.1 Å². The Hall–Kier alpha value is -2.37. The van der Waals surface area contributed by atoms with Gasteiger partial charge in [0.25, 0.3) is 5.88 Å². The molecule has 0 bridgehead atoms. The molecular weight excluding hydrogens is 210 g/mol. The number of carboxylic acid groups (broad SMARTS) is 1. The predicted molar refractivity (Wildman–Crippen MR) is 54.6 cm³/mol. The number of nitrogens with zero attached hydrogens (tertiary/aromatic N) is 2. The summed E-state index contributed by atoms with van der Waals surface area (Å²) in [4.78, 5) is 10.8. The second kappa shape index (κ2) is 4.01. The zero-order chi connectivity index (χ0) is 11.5. The van der Waals surface area contributed by atoms with Gasteiger partial charge in [-0.2, -0.15) is 0 Å². The highest BCUT2D eigenvalue weighted by atomic mass is 16.5. The molecule has 0 saturated heterocycles. The van der Waals surface area contributed by atoms with Crippen LogP contribution in [0.3, 0.4) is 0 Å². The first-order valence-corrected chi connectivity index (χ1v) is 4.56. The molecule has 82 valence electrons. The summed E-state index contributed by atoms with van der Waals surface area (Å²) in [7, 11) is 0. The standard InChI is InChI=1S/C10H9N3O3/c1-6-4-2-3-5-7(6)16-9-8(10(14)15)11-13-12-9/h2-5H,1H3,(H,14,15)(H,11,12,13). The number of aromatic nitrogens is 3. The van der Waals surface area contributed by atoms with Crippen LogP contribution in [-0.4, -0.2) is 26.5 Å². The number of aromatic carboxylic acids is 1. The van der Waals surface area contributed by atoms with Crippen LogP contribution in [0.2, 0.25) is 0 Å². The molecule has 0 unspecified atom stereocenters. The van der Waals surface area contributed by atoms with Crippen LogP contribution in [-0.2, 0) is 0 Å². The number of H-pyrrole nitrogens is 1. The Labute approximate surface area is 90.9 Å². The van der Waals surface area contributed by atoms with Gasteiger partial charge >= 0.3 is 5.97 Å². The van der Waals surface area contributed by atoms with E-state index < -0.39 is 5.97 Å². The highest BCUT2D eigenvalue weighted by Gasteiger charge is 2.16. The first kappa shape index (κ1) is 10.2. The quantitative estimate of drug-likeness (QED) is 0.818. The lowest BCUT2D eigenvalue weighted by Crippen LogP contribution is -2.00. The fourth-order valence-electron chi connectivity index (χ4n) is 1.20. The fraction of sp³-hybridized carbons (Fsp3) is 0.100. The molecule has 0 radical (unpaired) electrons. The first-order chi connectivity index (χ1) is 7.68. The molecule has 16 heavy (non-hydrogen) atoms. The van der Waals surface area contributed by atoms with Gasteiger partial charge in [0, 0.05) is 0 Å². The molecule has 0 aliphatic carbocycles. The number of carboxylic acids is 1. The van der Waals surface area contributed by atoms with E-state index in [2.05, 4.69) is 15.4 Å². The highest BCUT2D eigenvalue weighted by Crippen LogP contribution is 2.24. The summed E-state index contributed by atoms with van der Waals surface area (Å²) in [6, 6.07) is 7.25. The van der Waals surface area contributed by atoms with Crippen molar-refractivity contribution in [1.29, 1.82) is 0 Å². The maximum absolute atomic E-state index is 10.8. The molecule has 0 amide bonds. The molecule has 1 heterocycles. The Morgan fingerprint density at radius 2 is 2.19 bits per heavy atom. The van der Waals surface area contributed by atoms with Crippen LogP contribution in [0, 0.1) is 6.92 Å². The summed E-state index contributed by atoms with van der Waals surface area (Å²) in [6.07, 6.45) is 0. The van der Waals surface area contributed by atoms with E-state index in [1.165, 1.54) is 0 Å². The van der Waals surface area contributed by atoms with E-state index in [-0.39, 0.29) is 11.6 Å². The Balaban J connectivity index is 2.31. The van der Waals surface area contributed by atoms with Gasteiger partial charge in [0.2, 0.25) is 5.69 Å². The molecule has 6 heteroatoms. The van der Waals surface area contributed by atoms with Crippen molar-refractivity contribution >= 4 is 5.97 Å². The van der Waals surface area contributed by atoms with Crippen LogP contribution in [0.5, 0.6) is 11.6 Å². The van der Waals surface area contributed by atoms with Crippen LogP contribution in [0.15, 0.2) is 24.3 Å². The number of aryl methyl sites for hydroxylation is 1. The average Bonchev–Trinajstić information content (AvgIpc) is 2.69. The van der Waals surface area contributed by atoms with Crippen molar-refractivity contribution in [2.24, 2.45) is 0 Å². The molecule has 2 N–H and O–H groups in total. The molecule has 2 aromatic rings. The molecule has 0 atom stereocenters. The summed E-state index contributed by atoms with van der Waals surface area (Å²) < 4.78 is 5.36. The molecule has 0 spiro atoms. The van der Waals surface area contributed by atoms with Gasteiger partial charge in [0.05, 0.1) is 0 Å². The number of carbonyl (C=O) groups is 1. The molecule has 6 nitrogen and oxygen atoms in total. The maximum atomic E-state index is 10.8. The summed E-state index contributed by atoms with van der Waals surface area (Å²) in [5, 5.41) is 18.0. The van der Waals surface area contributed by atoms with E-state index >= 15 is 0 Å². The first-order valence-electron chi connectivity index (χ1n) is 4.56. The summed E-state index contributed by atoms with van der Waals surface area (Å²) in [5.74, 6) is -0.644. The van der Waals surface area contributed by atoms with Gasteiger partial charge < -0.3 is 9.84 Å². The van der Waals surface area contributed by atoms with E-state index in [9.17, 15) is 4.79 Å². The van der Waals surface area contributed by atoms with Crippen molar-refractivity contribution in [3.8, 4) is 11.6 Å². The molecule has 0 aliphatic heterocycles. The van der Waals surface area contributed by atoms with Crippen molar-refractivity contribution in [3.05, 3.63) is 35.5 Å². The highest BCUT2D eigenvalue weighted by molar-refractivity contribution is 5.87. The van der Waals surface area contributed by atoms with E-state index in [1.807, 2.05) is 19.1 Å². The second-order valence-electron chi connectivity index (χ2n) is 3.16. The van der Waals surface area contributed by atoms with Gasteiger partial charge in [-0.1, -0.05) is 28.5 Å². The summed E-state index contributed by atoms with van der Waals surface area (Å²) >= 11 is 0. The van der Waals surface area contributed by atoms with Crippen LogP contribution in [0.1, 0.15) is 16.1 Å². The zero-order valence-electron chi connectivity index (χ0n) is 8.47. The molecule has 0 saturated carbocycles. The Kier molecular flexibility index (Phi) is 2.55. The third-order valence-corrected chi connectivity index (χ3v) is 2.03. The number of nitrogens with one attached hydrogen (secondary N) is 1. The Morgan fingerprint density at radius 3 is 2.88 bits per heavy atom. The summed E-state index contributed by atoms with van der Waals surface area (Å²) in [5.41, 5.74) is 0.727. The lowest BCUT2D eigenvalue weighted by Gasteiger charge is -2.05. The van der Waals surface area contributed by atoms with E-state index in [0.717, 1.165) is 5.56 Å². The average molecular weight is 219 g/mol. The van der Waals surface area contributed by atoms with Crippen LogP contribution in [0.25, 0.3) is 0 Å². The number of rotatable bonds is 3. The topological polar surface area (TPSA) is 88.1 Å². The normalized spacial score (nSPS) is 10.1. The SMILES string of the molecule is Cc1ccccc1Oc1nn[nH]c1C(=O)O. The fourth-order valence-corrected chi connectivity index (χ4v) is 1.20. The lowest BCUT2D eigenvalue weighted by molar-refractivity contribution is 0.0687. The van der Waals surface area contributed by atoms with Gasteiger partial charge in [-0.25, -0.2) is 9.89 Å². The molecule has 0 aliphatic rings. The number of ether oxygens (including phenoxy) is 1. The smallest absolute Gasteiger partial charge is 0.359 e. The van der Waals surface area contributed by atoms with E-state index in [4.69, 9.17) is 9.84 Å². The lowest BCUT2D eigenvalue weighted by atomic mass is 10.2. The summed E-state index contributed by atoms with van der Waals surface area (Å²) in [6.45, 7) is 1.86. The number of hydrogen-bond acceptors (Lipinski definition) is 4. The van der Waals surface area contributed by atoms with Gasteiger partial charge in [0.15, 0.2) is 0 Å². The Bertz CT molecular complexity index is 522. The minimum absolute atomic E-state index is 0.0400. The van der Waals surface area contributed by atoms with Crippen molar-refractivity contribution in [1.82, 2.24) is 15.4 Å². The molecule has 1 aromatic carbocycles. The zero-order valence-corrected chi connectivity index (χ0v) is 8.47. The molecule has 2 rings (SSSR count). The van der Waals surface area contributed by atoms with E-state index in [0.29, 0.717) is 5.75 Å². The van der Waals surface area contributed by atoms with Gasteiger partial charge in [0.1, 0.15) is 5.75 Å². The van der Waals surface area contributed by atoms with Gasteiger partial charge in [-0.3, -0.25) is 0 Å². The Morgan fingerprint density at radius 1 is 1.44 bits per heavy atom. The van der Waals surface area contributed by atoms with Crippen LogP contribution in [0.4, 0.5) is 0 Å². The van der Waals surface area contributed by atoms with Gasteiger partial charge in [-0.05, 0) is 18.6 Å². The number of hydrogen-bond donors (Lipinski definition) is 2. The largest absolute Gasteiger partial charge is 0.476 e. The minimum Gasteiger partial charge on any atom is -0.476 e.